The fourth-order valence-electron chi connectivity index (χ4n) is 2.43. The topological polar surface area (TPSA) is 97.0 Å². The molecule has 0 bridgehead atoms. The second-order valence-corrected chi connectivity index (χ2v) is 5.65. The summed E-state index contributed by atoms with van der Waals surface area (Å²) in [6.07, 6.45) is 2.68. The number of hydrogen-bond donors (Lipinski definition) is 1. The zero-order valence-corrected chi connectivity index (χ0v) is 12.5. The maximum atomic E-state index is 12.0. The minimum Gasteiger partial charge on any atom is -0.339 e. The lowest BCUT2D eigenvalue weighted by Gasteiger charge is -2.20. The molecule has 1 atom stereocenters. The molecule has 9 heteroatoms. The van der Waals surface area contributed by atoms with Crippen molar-refractivity contribution >= 4 is 22.4 Å². The largest absolute Gasteiger partial charge is 0.339 e. The van der Waals surface area contributed by atoms with Crippen molar-refractivity contribution in [3.8, 4) is 0 Å². The maximum absolute atomic E-state index is 12.0. The van der Waals surface area contributed by atoms with E-state index in [0.717, 1.165) is 25.8 Å². The molecule has 0 aromatic carbocycles. The normalized spacial score (nSPS) is 19.0. The van der Waals surface area contributed by atoms with Crippen LogP contribution in [0.25, 0.3) is 0 Å². The van der Waals surface area contributed by atoms with Crippen molar-refractivity contribution in [2.75, 3.05) is 18.4 Å². The molecule has 2 aromatic heterocycles. The number of likely N-dealkylation sites (tertiary alicyclic amines) is 1. The van der Waals surface area contributed by atoms with Gasteiger partial charge in [-0.1, -0.05) is 23.4 Å². The number of carbonyl (C=O) groups is 1. The highest BCUT2D eigenvalue weighted by atomic mass is 32.1. The van der Waals surface area contributed by atoms with Gasteiger partial charge in [0.25, 0.3) is 0 Å². The smallest absolute Gasteiger partial charge is 0.240 e. The molecular formula is C12H16N6O2S. The zero-order chi connectivity index (χ0) is 14.7. The minimum absolute atomic E-state index is 0.0502. The number of aryl methyl sites for hydroxylation is 1. The van der Waals surface area contributed by atoms with Crippen molar-refractivity contribution in [3.05, 3.63) is 17.2 Å². The van der Waals surface area contributed by atoms with Gasteiger partial charge in [0, 0.05) is 6.42 Å². The number of amides is 1. The Morgan fingerprint density at radius 1 is 1.62 bits per heavy atom. The molecule has 1 aliphatic rings. The number of nitrogens with zero attached hydrogens (tertiary/aromatic N) is 5. The van der Waals surface area contributed by atoms with E-state index in [-0.39, 0.29) is 11.9 Å². The molecule has 0 radical (unpaired) electrons. The first-order chi connectivity index (χ1) is 10.3. The van der Waals surface area contributed by atoms with Gasteiger partial charge in [-0.2, -0.15) is 4.98 Å². The molecule has 0 unspecified atom stereocenters. The van der Waals surface area contributed by atoms with Crippen LogP contribution in [0.15, 0.2) is 10.0 Å². The van der Waals surface area contributed by atoms with E-state index in [2.05, 4.69) is 30.6 Å². The summed E-state index contributed by atoms with van der Waals surface area (Å²) in [5, 5.41) is 14.8. The Morgan fingerprint density at radius 2 is 2.52 bits per heavy atom. The molecule has 1 amide bonds. The third-order valence-corrected chi connectivity index (χ3v) is 4.01. The monoisotopic (exact) mass is 308 g/mol. The van der Waals surface area contributed by atoms with Crippen LogP contribution in [-0.4, -0.2) is 44.2 Å². The Kier molecular flexibility index (Phi) is 4.20. The van der Waals surface area contributed by atoms with Crippen LogP contribution in [0, 0.1) is 0 Å². The third kappa shape index (κ3) is 3.24. The number of anilines is 1. The van der Waals surface area contributed by atoms with E-state index in [1.54, 1.807) is 5.51 Å². The Hall–Kier alpha value is -1.87. The zero-order valence-electron chi connectivity index (χ0n) is 11.7. The van der Waals surface area contributed by atoms with Crippen LogP contribution in [-0.2, 0) is 11.2 Å². The molecular weight excluding hydrogens is 292 g/mol. The van der Waals surface area contributed by atoms with Crippen LogP contribution in [0.3, 0.4) is 0 Å². The molecule has 0 aliphatic carbocycles. The average molecular weight is 308 g/mol. The molecule has 112 valence electrons. The van der Waals surface area contributed by atoms with E-state index < -0.39 is 0 Å². The second-order valence-electron chi connectivity index (χ2n) is 4.82. The van der Waals surface area contributed by atoms with Crippen molar-refractivity contribution in [1.82, 2.24) is 25.2 Å². The average Bonchev–Trinajstić information content (AvgIpc) is 3.18. The van der Waals surface area contributed by atoms with Crippen molar-refractivity contribution in [1.29, 1.82) is 0 Å². The molecule has 21 heavy (non-hydrogen) atoms. The van der Waals surface area contributed by atoms with Gasteiger partial charge >= 0.3 is 0 Å². The fourth-order valence-corrected chi connectivity index (χ4v) is 2.89. The Bertz CT molecular complexity index is 599. The van der Waals surface area contributed by atoms with Crippen LogP contribution in [0.1, 0.15) is 37.5 Å². The van der Waals surface area contributed by atoms with Gasteiger partial charge in [0.1, 0.15) is 5.51 Å². The van der Waals surface area contributed by atoms with Gasteiger partial charge in [0.15, 0.2) is 5.82 Å². The predicted molar refractivity (Wildman–Crippen MR) is 75.8 cm³/mol. The summed E-state index contributed by atoms with van der Waals surface area (Å²) in [4.78, 5) is 18.5. The van der Waals surface area contributed by atoms with Crippen molar-refractivity contribution in [3.63, 3.8) is 0 Å². The van der Waals surface area contributed by atoms with E-state index in [0.29, 0.717) is 23.4 Å². The van der Waals surface area contributed by atoms with Gasteiger partial charge in [0.05, 0.1) is 12.6 Å². The van der Waals surface area contributed by atoms with Crippen LogP contribution >= 0.6 is 11.3 Å². The molecule has 0 saturated carbocycles. The van der Waals surface area contributed by atoms with E-state index in [9.17, 15) is 4.79 Å². The van der Waals surface area contributed by atoms with Gasteiger partial charge in [-0.15, -0.1) is 10.2 Å². The Balaban J connectivity index is 1.62. The number of rotatable bonds is 5. The van der Waals surface area contributed by atoms with E-state index in [1.165, 1.54) is 11.3 Å². The summed E-state index contributed by atoms with van der Waals surface area (Å²) >= 11 is 1.30. The maximum Gasteiger partial charge on any atom is 0.240 e. The van der Waals surface area contributed by atoms with Crippen LogP contribution in [0.4, 0.5) is 5.13 Å². The first-order valence-electron chi connectivity index (χ1n) is 6.89. The summed E-state index contributed by atoms with van der Waals surface area (Å²) in [5.74, 6) is 1.21. The molecule has 0 spiro atoms. The minimum atomic E-state index is -0.0992. The molecule has 1 N–H and O–H groups in total. The van der Waals surface area contributed by atoms with Crippen LogP contribution < -0.4 is 5.32 Å². The van der Waals surface area contributed by atoms with Gasteiger partial charge in [-0.05, 0) is 19.4 Å². The van der Waals surface area contributed by atoms with Gasteiger partial charge in [-0.25, -0.2) is 0 Å². The molecule has 1 fully saturated rings. The third-order valence-electron chi connectivity index (χ3n) is 3.40. The van der Waals surface area contributed by atoms with Crippen molar-refractivity contribution < 1.29 is 9.32 Å². The molecule has 3 heterocycles. The number of aromatic nitrogens is 4. The summed E-state index contributed by atoms with van der Waals surface area (Å²) in [6, 6.07) is 0.0502. The Labute approximate surface area is 125 Å². The fraction of sp³-hybridized carbons (Fsp3) is 0.583. The quantitative estimate of drug-likeness (QED) is 0.888. The SMILES string of the molecule is CCc1nc([C@H]2CCCN2CC(=O)Nc2nncs2)no1. The van der Waals surface area contributed by atoms with Crippen molar-refractivity contribution in [2.24, 2.45) is 0 Å². The lowest BCUT2D eigenvalue weighted by Crippen LogP contribution is -2.33. The van der Waals surface area contributed by atoms with E-state index in [4.69, 9.17) is 4.52 Å². The molecule has 3 rings (SSSR count). The second kappa shape index (κ2) is 6.27. The molecule has 2 aromatic rings. The molecule has 8 nitrogen and oxygen atoms in total. The highest BCUT2D eigenvalue weighted by Gasteiger charge is 2.31. The number of carbonyl (C=O) groups excluding carboxylic acids is 1. The van der Waals surface area contributed by atoms with Gasteiger partial charge in [0.2, 0.25) is 16.9 Å². The van der Waals surface area contributed by atoms with Gasteiger partial charge < -0.3 is 4.52 Å². The van der Waals surface area contributed by atoms with Crippen LogP contribution in [0.5, 0.6) is 0 Å². The van der Waals surface area contributed by atoms with Gasteiger partial charge in [-0.3, -0.25) is 15.0 Å². The first kappa shape index (κ1) is 14.1. The van der Waals surface area contributed by atoms with Crippen LogP contribution in [0.2, 0.25) is 0 Å². The molecule has 1 aliphatic heterocycles. The summed E-state index contributed by atoms with van der Waals surface area (Å²) in [7, 11) is 0. The highest BCUT2D eigenvalue weighted by Crippen LogP contribution is 2.29. The van der Waals surface area contributed by atoms with E-state index >= 15 is 0 Å². The number of hydrogen-bond acceptors (Lipinski definition) is 8. The van der Waals surface area contributed by atoms with E-state index in [1.807, 2.05) is 6.92 Å². The standard InChI is InChI=1S/C12H16N6O2S/c1-2-10-15-11(17-20-10)8-4-3-5-18(8)6-9(19)14-12-16-13-7-21-12/h7-8H,2-6H2,1H3,(H,14,16,19)/t8-/m1/s1. The predicted octanol–water partition coefficient (Wildman–Crippen LogP) is 1.26. The number of nitrogens with one attached hydrogen (secondary N) is 1. The summed E-state index contributed by atoms with van der Waals surface area (Å²) < 4.78 is 5.16. The molecule has 1 saturated heterocycles. The lowest BCUT2D eigenvalue weighted by atomic mass is 10.2. The van der Waals surface area contributed by atoms with Crippen molar-refractivity contribution in [2.45, 2.75) is 32.2 Å². The highest BCUT2D eigenvalue weighted by molar-refractivity contribution is 7.13. The summed E-state index contributed by atoms with van der Waals surface area (Å²) in [5.41, 5.74) is 1.58. The first-order valence-corrected chi connectivity index (χ1v) is 7.76. The lowest BCUT2D eigenvalue weighted by molar-refractivity contribution is -0.117. The summed E-state index contributed by atoms with van der Waals surface area (Å²) in [6.45, 7) is 3.11. The Morgan fingerprint density at radius 3 is 3.24 bits per heavy atom.